The van der Waals surface area contributed by atoms with E-state index in [1.54, 1.807) is 20.8 Å². The van der Waals surface area contributed by atoms with E-state index in [9.17, 15) is 9.59 Å². The number of amides is 2. The molecular formula is C11H15ClN4O2. The number of nitrogens with two attached hydrogens (primary N) is 1. The molecule has 1 atom stereocenters. The molecule has 0 aliphatic heterocycles. The van der Waals surface area contributed by atoms with E-state index in [1.807, 2.05) is 0 Å². The molecule has 0 aliphatic rings. The van der Waals surface area contributed by atoms with Crippen LogP contribution in [0.5, 0.6) is 0 Å². The van der Waals surface area contributed by atoms with E-state index in [0.717, 1.165) is 0 Å². The number of nitrogens with one attached hydrogen (secondary N) is 1. The largest absolute Gasteiger partial charge is 0.368 e. The molecule has 1 heterocycles. The first-order valence-electron chi connectivity index (χ1n) is 5.42. The van der Waals surface area contributed by atoms with E-state index in [4.69, 9.17) is 17.3 Å². The zero-order valence-corrected chi connectivity index (χ0v) is 11.2. The molecule has 18 heavy (non-hydrogen) atoms. The molecule has 6 nitrogen and oxygen atoms in total. The normalized spacial score (nSPS) is 12.3. The molecule has 0 fully saturated rings. The third kappa shape index (κ3) is 3.66. The summed E-state index contributed by atoms with van der Waals surface area (Å²) < 4.78 is 0. The van der Waals surface area contributed by atoms with Crippen LogP contribution in [-0.4, -0.2) is 27.8 Å². The minimum absolute atomic E-state index is 0.0136. The van der Waals surface area contributed by atoms with Crippen LogP contribution in [0.1, 0.15) is 30.0 Å². The molecule has 3 N–H and O–H groups in total. The molecule has 0 spiro atoms. The van der Waals surface area contributed by atoms with Crippen LogP contribution in [0.25, 0.3) is 0 Å². The number of aromatic nitrogens is 2. The van der Waals surface area contributed by atoms with Crippen molar-refractivity contribution in [3.8, 4) is 0 Å². The Labute approximate surface area is 110 Å². The third-order valence-electron chi connectivity index (χ3n) is 2.32. The van der Waals surface area contributed by atoms with Gasteiger partial charge in [0.25, 0.3) is 5.91 Å². The Morgan fingerprint density at radius 3 is 2.44 bits per heavy atom. The van der Waals surface area contributed by atoms with Crippen molar-refractivity contribution in [2.24, 2.45) is 11.7 Å². The first-order chi connectivity index (χ1) is 8.31. The van der Waals surface area contributed by atoms with Gasteiger partial charge in [-0.25, -0.2) is 9.97 Å². The zero-order valence-electron chi connectivity index (χ0n) is 10.4. The number of carbonyl (C=O) groups excluding carboxylic acids is 2. The minimum Gasteiger partial charge on any atom is -0.368 e. The van der Waals surface area contributed by atoms with Gasteiger partial charge in [-0.15, -0.1) is 0 Å². The Balaban J connectivity index is 2.90. The second-order valence-electron chi connectivity index (χ2n) is 4.26. The highest BCUT2D eigenvalue weighted by Crippen LogP contribution is 2.07. The topological polar surface area (TPSA) is 98.0 Å². The van der Waals surface area contributed by atoms with E-state index < -0.39 is 17.9 Å². The molecule has 1 aromatic rings. The number of carbonyl (C=O) groups is 2. The van der Waals surface area contributed by atoms with Gasteiger partial charge in [-0.2, -0.15) is 0 Å². The van der Waals surface area contributed by atoms with Gasteiger partial charge in [-0.05, 0) is 30.5 Å². The Kier molecular flexibility index (Phi) is 4.61. The average molecular weight is 271 g/mol. The average Bonchev–Trinajstić information content (AvgIpc) is 2.23. The number of hydrogen-bond donors (Lipinski definition) is 2. The molecule has 0 aliphatic carbocycles. The lowest BCUT2D eigenvalue weighted by molar-refractivity contribution is -0.120. The van der Waals surface area contributed by atoms with Crippen molar-refractivity contribution in [2.45, 2.75) is 26.8 Å². The maximum absolute atomic E-state index is 11.9. The second kappa shape index (κ2) is 5.77. The van der Waals surface area contributed by atoms with Gasteiger partial charge in [0.2, 0.25) is 11.2 Å². The van der Waals surface area contributed by atoms with E-state index in [0.29, 0.717) is 5.69 Å². The third-order valence-corrected chi connectivity index (χ3v) is 2.49. The summed E-state index contributed by atoms with van der Waals surface area (Å²) in [7, 11) is 0. The molecule has 0 saturated heterocycles. The molecule has 7 heteroatoms. The highest BCUT2D eigenvalue weighted by molar-refractivity contribution is 6.28. The van der Waals surface area contributed by atoms with Crippen LogP contribution in [-0.2, 0) is 4.79 Å². The van der Waals surface area contributed by atoms with Crippen LogP contribution in [0.2, 0.25) is 5.28 Å². The Bertz CT molecular complexity index is 456. The van der Waals surface area contributed by atoms with Crippen LogP contribution in [0, 0.1) is 12.8 Å². The first kappa shape index (κ1) is 14.4. The predicted octanol–water partition coefficient (Wildman–Crippen LogP) is 0.678. The fraction of sp³-hybridized carbons (Fsp3) is 0.455. The van der Waals surface area contributed by atoms with Gasteiger partial charge >= 0.3 is 0 Å². The summed E-state index contributed by atoms with van der Waals surface area (Å²) in [4.78, 5) is 30.7. The highest BCUT2D eigenvalue weighted by atomic mass is 35.5. The van der Waals surface area contributed by atoms with Crippen LogP contribution in [0.3, 0.4) is 0 Å². The van der Waals surface area contributed by atoms with Crippen molar-refractivity contribution in [3.05, 3.63) is 22.7 Å². The van der Waals surface area contributed by atoms with E-state index >= 15 is 0 Å². The lowest BCUT2D eigenvalue weighted by atomic mass is 10.0. The van der Waals surface area contributed by atoms with Crippen molar-refractivity contribution in [3.63, 3.8) is 0 Å². The van der Waals surface area contributed by atoms with Gasteiger partial charge in [0.1, 0.15) is 11.7 Å². The summed E-state index contributed by atoms with van der Waals surface area (Å²) in [5.74, 6) is -1.19. The van der Waals surface area contributed by atoms with Crippen LogP contribution in [0.15, 0.2) is 6.07 Å². The molecule has 0 radical (unpaired) electrons. The standard InChI is InChI=1S/C11H15ClN4O2/c1-5(2)8(9(13)17)16-10(18)7-4-6(3)14-11(12)15-7/h4-5,8H,1-3H3,(H2,13,17)(H,16,18). The van der Waals surface area contributed by atoms with Crippen LogP contribution in [0.4, 0.5) is 0 Å². The van der Waals surface area contributed by atoms with Crippen molar-refractivity contribution in [1.29, 1.82) is 0 Å². The smallest absolute Gasteiger partial charge is 0.270 e. The molecule has 0 aromatic carbocycles. The SMILES string of the molecule is Cc1cc(C(=O)NC(C(N)=O)C(C)C)nc(Cl)n1. The summed E-state index contributed by atoms with van der Waals surface area (Å²) in [6.07, 6.45) is 0. The summed E-state index contributed by atoms with van der Waals surface area (Å²) in [5, 5.41) is 2.51. The Morgan fingerprint density at radius 1 is 1.39 bits per heavy atom. The summed E-state index contributed by atoms with van der Waals surface area (Å²) in [6.45, 7) is 5.26. The lowest BCUT2D eigenvalue weighted by Gasteiger charge is -2.18. The zero-order chi connectivity index (χ0) is 13.9. The quantitative estimate of drug-likeness (QED) is 0.786. The van der Waals surface area contributed by atoms with E-state index in [1.165, 1.54) is 6.07 Å². The molecule has 2 amide bonds. The minimum atomic E-state index is -0.744. The fourth-order valence-electron chi connectivity index (χ4n) is 1.43. The Hall–Kier alpha value is -1.69. The number of rotatable bonds is 4. The monoisotopic (exact) mass is 270 g/mol. The van der Waals surface area contributed by atoms with Crippen LogP contribution >= 0.6 is 11.6 Å². The van der Waals surface area contributed by atoms with E-state index in [-0.39, 0.29) is 16.9 Å². The lowest BCUT2D eigenvalue weighted by Crippen LogP contribution is -2.47. The number of aryl methyl sites for hydroxylation is 1. The fourth-order valence-corrected chi connectivity index (χ4v) is 1.65. The number of nitrogens with zero attached hydrogens (tertiary/aromatic N) is 2. The van der Waals surface area contributed by atoms with Gasteiger partial charge in [0.05, 0.1) is 0 Å². The summed E-state index contributed by atoms with van der Waals surface area (Å²) in [5.41, 5.74) is 5.89. The van der Waals surface area contributed by atoms with Gasteiger partial charge < -0.3 is 11.1 Å². The number of hydrogen-bond acceptors (Lipinski definition) is 4. The first-order valence-corrected chi connectivity index (χ1v) is 5.80. The molecule has 1 aromatic heterocycles. The molecule has 98 valence electrons. The summed E-state index contributed by atoms with van der Waals surface area (Å²) >= 11 is 5.66. The number of primary amides is 1. The van der Waals surface area contributed by atoms with Crippen molar-refractivity contribution in [2.75, 3.05) is 0 Å². The predicted molar refractivity (Wildman–Crippen MR) is 67.1 cm³/mol. The molecular weight excluding hydrogens is 256 g/mol. The highest BCUT2D eigenvalue weighted by Gasteiger charge is 2.23. The molecule has 0 bridgehead atoms. The molecule has 1 rings (SSSR count). The maximum atomic E-state index is 11.9. The van der Waals surface area contributed by atoms with Crippen molar-refractivity contribution in [1.82, 2.24) is 15.3 Å². The van der Waals surface area contributed by atoms with Gasteiger partial charge in [-0.3, -0.25) is 9.59 Å². The van der Waals surface area contributed by atoms with Crippen LogP contribution < -0.4 is 11.1 Å². The summed E-state index contributed by atoms with van der Waals surface area (Å²) in [6, 6.07) is 0.742. The van der Waals surface area contributed by atoms with Crippen molar-refractivity contribution >= 4 is 23.4 Å². The molecule has 1 unspecified atom stereocenters. The van der Waals surface area contributed by atoms with Gasteiger partial charge in [0.15, 0.2) is 0 Å². The second-order valence-corrected chi connectivity index (χ2v) is 4.60. The van der Waals surface area contributed by atoms with Gasteiger partial charge in [-0.1, -0.05) is 13.8 Å². The molecule has 0 saturated carbocycles. The number of halogens is 1. The Morgan fingerprint density at radius 2 is 2.00 bits per heavy atom. The van der Waals surface area contributed by atoms with Crippen molar-refractivity contribution < 1.29 is 9.59 Å². The van der Waals surface area contributed by atoms with Gasteiger partial charge in [0, 0.05) is 5.69 Å². The maximum Gasteiger partial charge on any atom is 0.270 e. The van der Waals surface area contributed by atoms with E-state index in [2.05, 4.69) is 15.3 Å².